The number of aromatic nitrogens is 2. The van der Waals surface area contributed by atoms with Crippen LogP contribution in [0.1, 0.15) is 0 Å². The number of benzene rings is 3. The quantitative estimate of drug-likeness (QED) is 0.229. The van der Waals surface area contributed by atoms with Crippen molar-refractivity contribution >= 4 is 17.2 Å². The van der Waals surface area contributed by atoms with Gasteiger partial charge in [-0.05, 0) is 53.5 Å². The van der Waals surface area contributed by atoms with Crippen molar-refractivity contribution in [1.29, 1.82) is 0 Å². The molecule has 162 valence electrons. The van der Waals surface area contributed by atoms with Crippen LogP contribution < -0.4 is 4.90 Å². The molecule has 0 aliphatic rings. The monoisotopic (exact) mass is 608 g/mol. The molecule has 2 heterocycles. The van der Waals surface area contributed by atoms with Gasteiger partial charge in [-0.3, -0.25) is 4.98 Å². The Morgan fingerprint density at radius 2 is 1.39 bits per heavy atom. The Labute approximate surface area is 207 Å². The molecule has 0 atom stereocenters. The first-order chi connectivity index (χ1) is 15.8. The number of para-hydroxylation sites is 2. The molecule has 0 saturated heterocycles. The van der Waals surface area contributed by atoms with Gasteiger partial charge in [0.1, 0.15) is 5.82 Å². The van der Waals surface area contributed by atoms with Gasteiger partial charge in [0.05, 0.1) is 5.75 Å². The first-order valence-electron chi connectivity index (χ1n) is 10.3. The number of phenols is 1. The summed E-state index contributed by atoms with van der Waals surface area (Å²) in [4.78, 5) is 11.0. The maximum Gasteiger partial charge on any atom is 2.00 e. The molecule has 0 unspecified atom stereocenters. The van der Waals surface area contributed by atoms with Gasteiger partial charge in [0, 0.05) is 11.9 Å². The topological polar surface area (TPSA) is 49.2 Å². The maximum atomic E-state index is 10.2. The Morgan fingerprint density at radius 1 is 0.636 bits per heavy atom. The van der Waals surface area contributed by atoms with Gasteiger partial charge in [-0.2, -0.15) is 30.3 Å². The van der Waals surface area contributed by atoms with E-state index in [0.29, 0.717) is 11.3 Å². The van der Waals surface area contributed by atoms with E-state index in [1.54, 1.807) is 24.5 Å². The molecule has 1 N–H and O–H groups in total. The van der Waals surface area contributed by atoms with Crippen molar-refractivity contribution in [2.45, 2.75) is 0 Å². The molecule has 0 amide bonds. The number of nitrogens with zero attached hydrogens (tertiary/aromatic N) is 3. The Hall–Kier alpha value is -3.75. The average molecular weight is 609 g/mol. The molecule has 2 aromatic heterocycles. The van der Waals surface area contributed by atoms with Crippen molar-refractivity contribution < 1.29 is 26.2 Å². The Bertz CT molecular complexity index is 1300. The maximum absolute atomic E-state index is 10.2. The number of hydrogen-bond donors (Lipinski definition) is 1. The molecule has 5 aromatic rings. The summed E-state index contributed by atoms with van der Waals surface area (Å²) >= 11 is 0. The number of phenolic OH excluding ortho intramolecular Hbond substituents is 1. The molecule has 0 saturated carbocycles. The number of rotatable bonds is 5. The Balaban J connectivity index is 0.00000259. The van der Waals surface area contributed by atoms with Crippen LogP contribution in [0.2, 0.25) is 0 Å². The molecule has 0 spiro atoms. The summed E-state index contributed by atoms with van der Waals surface area (Å²) in [6, 6.07) is 37.8. The van der Waals surface area contributed by atoms with E-state index >= 15 is 0 Å². The first kappa shape index (κ1) is 22.4. The van der Waals surface area contributed by atoms with Crippen LogP contribution in [-0.4, -0.2) is 15.1 Å². The van der Waals surface area contributed by atoms with Crippen LogP contribution in [0.4, 0.5) is 17.2 Å². The summed E-state index contributed by atoms with van der Waals surface area (Å²) in [7, 11) is 0. The molecule has 0 bridgehead atoms. The van der Waals surface area contributed by atoms with Gasteiger partial charge in [0.25, 0.3) is 0 Å². The van der Waals surface area contributed by atoms with Gasteiger partial charge in [0.15, 0.2) is 0 Å². The summed E-state index contributed by atoms with van der Waals surface area (Å²) < 4.78 is 0. The van der Waals surface area contributed by atoms with Crippen molar-refractivity contribution in [3.8, 4) is 28.1 Å². The first-order valence-corrected chi connectivity index (χ1v) is 10.3. The van der Waals surface area contributed by atoms with Crippen molar-refractivity contribution in [1.82, 2.24) is 9.97 Å². The molecule has 0 fully saturated rings. The third-order valence-corrected chi connectivity index (χ3v) is 5.06. The van der Waals surface area contributed by atoms with Crippen molar-refractivity contribution in [3.63, 3.8) is 0 Å². The van der Waals surface area contributed by atoms with Crippen LogP contribution in [0.15, 0.2) is 109 Å². The zero-order valence-electron chi connectivity index (χ0n) is 17.5. The molecule has 5 rings (SSSR count). The number of pyridine rings is 2. The predicted octanol–water partition coefficient (Wildman–Crippen LogP) is 6.58. The van der Waals surface area contributed by atoms with Gasteiger partial charge in [-0.15, -0.1) is 6.07 Å². The van der Waals surface area contributed by atoms with E-state index in [2.05, 4.69) is 27.0 Å². The number of anilines is 3. The van der Waals surface area contributed by atoms with Crippen LogP contribution in [-0.2, 0) is 21.1 Å². The molecular formula is C28H19N3OPt. The van der Waals surface area contributed by atoms with E-state index in [0.717, 1.165) is 28.3 Å². The minimum absolute atomic E-state index is 0. The van der Waals surface area contributed by atoms with Crippen LogP contribution in [0.3, 0.4) is 0 Å². The zero-order chi connectivity index (χ0) is 21.8. The fraction of sp³-hybridized carbons (Fsp3) is 0. The van der Waals surface area contributed by atoms with Crippen LogP contribution in [0, 0.1) is 12.1 Å². The second-order valence-electron chi connectivity index (χ2n) is 7.16. The Morgan fingerprint density at radius 3 is 2.18 bits per heavy atom. The minimum Gasteiger partial charge on any atom is -0.517 e. The second kappa shape index (κ2) is 10.2. The van der Waals surface area contributed by atoms with Crippen LogP contribution >= 0.6 is 0 Å². The average Bonchev–Trinajstić information content (AvgIpc) is 2.86. The van der Waals surface area contributed by atoms with E-state index in [4.69, 9.17) is 0 Å². The van der Waals surface area contributed by atoms with E-state index < -0.39 is 0 Å². The molecule has 0 aliphatic heterocycles. The van der Waals surface area contributed by atoms with Gasteiger partial charge in [0.2, 0.25) is 0 Å². The molecule has 0 radical (unpaired) electrons. The summed E-state index contributed by atoms with van der Waals surface area (Å²) in [5.41, 5.74) is 4.80. The predicted molar refractivity (Wildman–Crippen MR) is 127 cm³/mol. The van der Waals surface area contributed by atoms with Gasteiger partial charge in [-0.25, -0.2) is 16.1 Å². The van der Waals surface area contributed by atoms with Gasteiger partial charge in [-0.1, -0.05) is 42.5 Å². The summed E-state index contributed by atoms with van der Waals surface area (Å²) in [5, 5.41) is 10.2. The zero-order valence-corrected chi connectivity index (χ0v) is 19.8. The van der Waals surface area contributed by atoms with Gasteiger partial charge < -0.3 is 10.0 Å². The van der Waals surface area contributed by atoms with E-state index in [1.807, 2.05) is 84.9 Å². The van der Waals surface area contributed by atoms with Crippen molar-refractivity contribution in [2.75, 3.05) is 4.90 Å². The van der Waals surface area contributed by atoms with Crippen molar-refractivity contribution in [2.24, 2.45) is 0 Å². The van der Waals surface area contributed by atoms with E-state index in [-0.39, 0.29) is 26.8 Å². The molecule has 3 aromatic carbocycles. The fourth-order valence-electron chi connectivity index (χ4n) is 3.56. The Kier molecular flexibility index (Phi) is 6.97. The molecular weight excluding hydrogens is 589 g/mol. The SMILES string of the molecule is Oc1ccccc1-c1[c-]c(-c2[c-]c(N(c3ccccc3)c3ccccn3)ccc2)ccn1.[Pt+2]. The largest absolute Gasteiger partial charge is 2.00 e. The minimum atomic E-state index is 0. The van der Waals surface area contributed by atoms with Crippen molar-refractivity contribution in [3.05, 3.63) is 122 Å². The third-order valence-electron chi connectivity index (χ3n) is 5.06. The molecule has 33 heavy (non-hydrogen) atoms. The van der Waals surface area contributed by atoms with Gasteiger partial charge >= 0.3 is 21.1 Å². The van der Waals surface area contributed by atoms with E-state index in [1.165, 1.54) is 0 Å². The van der Waals surface area contributed by atoms with E-state index in [9.17, 15) is 5.11 Å². The van der Waals surface area contributed by atoms with Crippen LogP contribution in [0.25, 0.3) is 22.4 Å². The number of hydrogen-bond acceptors (Lipinski definition) is 4. The smallest absolute Gasteiger partial charge is 0.517 e. The number of aromatic hydroxyl groups is 1. The second-order valence-corrected chi connectivity index (χ2v) is 7.16. The summed E-state index contributed by atoms with van der Waals surface area (Å²) in [5.74, 6) is 0.984. The molecule has 5 heteroatoms. The molecule has 4 nitrogen and oxygen atoms in total. The van der Waals surface area contributed by atoms with Crippen LogP contribution in [0.5, 0.6) is 5.75 Å². The standard InChI is InChI=1S/C28H19N3O.Pt/c32-27-14-5-4-13-25(27)26-20-22(16-18-29-26)21-9-8-12-24(19-21)31(23-10-2-1-3-11-23)28-15-6-7-17-30-28;/h1-18,32H;/q-2;+2. The summed E-state index contributed by atoms with van der Waals surface area (Å²) in [6.45, 7) is 0. The molecule has 0 aliphatic carbocycles. The fourth-order valence-corrected chi connectivity index (χ4v) is 3.56. The normalized spacial score (nSPS) is 10.3. The third kappa shape index (κ3) is 4.87. The summed E-state index contributed by atoms with van der Waals surface area (Å²) in [6.07, 6.45) is 3.51.